The molecule has 6 nitrogen and oxygen atoms in total. The van der Waals surface area contributed by atoms with E-state index in [-0.39, 0.29) is 23.7 Å². The molecule has 5 atom stereocenters. The number of likely N-dealkylation sites (tertiary alicyclic amines) is 1. The lowest BCUT2D eigenvalue weighted by Crippen LogP contribution is -2.78. The number of halogens is 1. The van der Waals surface area contributed by atoms with Gasteiger partial charge in [0.15, 0.2) is 11.5 Å². The molecule has 2 aromatic carbocycles. The number of phenolic OH excluding ortho intramolecular Hbond substituents is 1. The molecule has 36 heavy (non-hydrogen) atoms. The lowest BCUT2D eigenvalue weighted by Gasteiger charge is -2.64. The van der Waals surface area contributed by atoms with Crippen molar-refractivity contribution in [1.82, 2.24) is 9.80 Å². The number of carbonyl (C=O) groups excluding carboxylic acids is 1. The Morgan fingerprint density at radius 1 is 1.28 bits per heavy atom. The van der Waals surface area contributed by atoms with Gasteiger partial charge in [-0.15, -0.1) is 6.58 Å². The number of piperidine rings is 1. The molecule has 1 spiro atoms. The van der Waals surface area contributed by atoms with E-state index in [2.05, 4.69) is 11.5 Å². The summed E-state index contributed by atoms with van der Waals surface area (Å²) in [5.74, 6) is 0.667. The van der Waals surface area contributed by atoms with E-state index in [0.717, 1.165) is 29.8 Å². The first-order valence-corrected chi connectivity index (χ1v) is 13.3. The Balaban J connectivity index is 1.33. The molecule has 0 aromatic heterocycles. The average Bonchev–Trinajstić information content (AvgIpc) is 3.22. The van der Waals surface area contributed by atoms with Gasteiger partial charge >= 0.3 is 0 Å². The number of hydrogen-bond acceptors (Lipinski definition) is 5. The zero-order valence-electron chi connectivity index (χ0n) is 20.6. The van der Waals surface area contributed by atoms with Crippen molar-refractivity contribution in [1.29, 1.82) is 0 Å². The second-order valence-electron chi connectivity index (χ2n) is 10.9. The molecule has 2 fully saturated rings. The fourth-order valence-electron chi connectivity index (χ4n) is 7.65. The van der Waals surface area contributed by atoms with E-state index in [1.807, 2.05) is 48.4 Å². The average molecular weight is 509 g/mol. The van der Waals surface area contributed by atoms with Gasteiger partial charge in [0.25, 0.3) is 0 Å². The summed E-state index contributed by atoms with van der Waals surface area (Å²) in [6, 6.07) is 11.0. The quantitative estimate of drug-likeness (QED) is 0.580. The first kappa shape index (κ1) is 23.8. The Morgan fingerprint density at radius 2 is 2.06 bits per heavy atom. The van der Waals surface area contributed by atoms with Crippen LogP contribution in [0.3, 0.4) is 0 Å². The summed E-state index contributed by atoms with van der Waals surface area (Å²) in [4.78, 5) is 17.5. The van der Waals surface area contributed by atoms with Crippen LogP contribution in [0.5, 0.6) is 11.5 Å². The fraction of sp³-hybridized carbons (Fsp3) is 0.483. The van der Waals surface area contributed by atoms with Crippen molar-refractivity contribution in [3.05, 3.63) is 70.8 Å². The molecule has 2 aliphatic heterocycles. The van der Waals surface area contributed by atoms with Crippen LogP contribution in [0.4, 0.5) is 0 Å². The molecule has 2 aliphatic carbocycles. The van der Waals surface area contributed by atoms with Gasteiger partial charge in [0.05, 0.1) is 17.1 Å². The molecule has 1 amide bonds. The molecule has 1 saturated carbocycles. The first-order chi connectivity index (χ1) is 17.3. The zero-order valence-corrected chi connectivity index (χ0v) is 21.4. The predicted octanol–water partition coefficient (Wildman–Crippen LogP) is 3.85. The largest absolute Gasteiger partial charge is 0.504 e. The minimum Gasteiger partial charge on any atom is -0.504 e. The predicted molar refractivity (Wildman–Crippen MR) is 139 cm³/mol. The number of aryl methyl sites for hydroxylation is 1. The number of benzene rings is 2. The van der Waals surface area contributed by atoms with E-state index in [1.165, 1.54) is 0 Å². The Bertz CT molecular complexity index is 1220. The van der Waals surface area contributed by atoms with Crippen molar-refractivity contribution in [3.8, 4) is 11.5 Å². The van der Waals surface area contributed by atoms with E-state index >= 15 is 0 Å². The molecule has 2 N–H and O–H groups in total. The smallest absolute Gasteiger partial charge is 0.223 e. The monoisotopic (exact) mass is 508 g/mol. The summed E-state index contributed by atoms with van der Waals surface area (Å²) in [6.45, 7) is 5.47. The highest BCUT2D eigenvalue weighted by Gasteiger charge is 2.73. The molecular weight excluding hydrogens is 476 g/mol. The topological polar surface area (TPSA) is 73.2 Å². The van der Waals surface area contributed by atoms with Gasteiger partial charge in [-0.25, -0.2) is 0 Å². The third kappa shape index (κ3) is 3.20. The van der Waals surface area contributed by atoms with E-state index in [0.29, 0.717) is 49.3 Å². The third-order valence-corrected chi connectivity index (χ3v) is 9.59. The van der Waals surface area contributed by atoms with Crippen molar-refractivity contribution in [2.75, 3.05) is 20.1 Å². The molecular formula is C29H33ClN2O4. The number of aliphatic hydroxyl groups is 1. The van der Waals surface area contributed by atoms with E-state index in [9.17, 15) is 15.0 Å². The van der Waals surface area contributed by atoms with Gasteiger partial charge < -0.3 is 19.8 Å². The SMILES string of the molecule is C=CCN1CC[C@]23c4c5ccc(O)c4OC2C(N(C)C(=O)CCc2ccc(Cl)cc2)CC[C@@]3(O)[C@H]1C5. The lowest BCUT2D eigenvalue weighted by molar-refractivity contribution is -0.198. The molecule has 1 saturated heterocycles. The van der Waals surface area contributed by atoms with E-state index < -0.39 is 17.1 Å². The summed E-state index contributed by atoms with van der Waals surface area (Å²) in [5, 5.41) is 23.9. The standard InChI is InChI=1S/C29H33ClN2O4/c1-3-15-32-16-14-28-25-19-7-10-22(33)26(25)36-27(28)21(12-13-29(28,35)23(32)17-19)31(2)24(34)11-6-18-4-8-20(30)9-5-18/h3-5,7-10,21,23,27,33,35H,1,6,11-17H2,2H3/t21?,23-,27?,28+,29-/m1/s1. The van der Waals surface area contributed by atoms with Crippen molar-refractivity contribution in [3.63, 3.8) is 0 Å². The summed E-state index contributed by atoms with van der Waals surface area (Å²) in [6.07, 6.45) is 5.18. The number of amides is 1. The van der Waals surface area contributed by atoms with Crippen LogP contribution in [-0.4, -0.2) is 69.8 Å². The lowest BCUT2D eigenvalue weighted by atomic mass is 9.48. The van der Waals surface area contributed by atoms with Crippen LogP contribution in [0.2, 0.25) is 5.02 Å². The highest BCUT2D eigenvalue weighted by Crippen LogP contribution is 2.65. The van der Waals surface area contributed by atoms with Gasteiger partial charge in [-0.05, 0) is 68.0 Å². The van der Waals surface area contributed by atoms with Gasteiger partial charge in [0.1, 0.15) is 6.10 Å². The number of aromatic hydroxyl groups is 1. The van der Waals surface area contributed by atoms with Crippen LogP contribution in [0.15, 0.2) is 49.1 Å². The highest BCUT2D eigenvalue weighted by atomic mass is 35.5. The maximum Gasteiger partial charge on any atom is 0.223 e. The van der Waals surface area contributed by atoms with Gasteiger partial charge in [-0.1, -0.05) is 35.9 Å². The molecule has 7 heteroatoms. The van der Waals surface area contributed by atoms with E-state index in [1.54, 1.807) is 6.07 Å². The van der Waals surface area contributed by atoms with Crippen LogP contribution in [0.1, 0.15) is 42.4 Å². The molecule has 4 aliphatic rings. The third-order valence-electron chi connectivity index (χ3n) is 9.34. The summed E-state index contributed by atoms with van der Waals surface area (Å²) in [7, 11) is 1.86. The maximum absolute atomic E-state index is 13.4. The van der Waals surface area contributed by atoms with Crippen LogP contribution in [-0.2, 0) is 23.1 Å². The number of likely N-dealkylation sites (N-methyl/N-ethyl adjacent to an activating group) is 1. The maximum atomic E-state index is 13.4. The van der Waals surface area contributed by atoms with Crippen LogP contribution >= 0.6 is 11.6 Å². The Kier molecular flexibility index (Phi) is 5.63. The summed E-state index contributed by atoms with van der Waals surface area (Å²) in [5.41, 5.74) is 1.53. The molecule has 0 radical (unpaired) electrons. The minimum atomic E-state index is -0.991. The van der Waals surface area contributed by atoms with Crippen molar-refractivity contribution < 1.29 is 19.7 Å². The Labute approximate surface area is 217 Å². The number of hydrogen-bond donors (Lipinski definition) is 2. The Hall–Kier alpha value is -2.54. The minimum absolute atomic E-state index is 0.0507. The van der Waals surface area contributed by atoms with Crippen LogP contribution < -0.4 is 4.74 Å². The van der Waals surface area contributed by atoms with Gasteiger partial charge in [0.2, 0.25) is 5.91 Å². The van der Waals surface area contributed by atoms with E-state index in [4.69, 9.17) is 16.3 Å². The number of carbonyl (C=O) groups is 1. The highest BCUT2D eigenvalue weighted by molar-refractivity contribution is 6.30. The number of nitrogens with zero attached hydrogens (tertiary/aromatic N) is 2. The summed E-state index contributed by atoms with van der Waals surface area (Å²) < 4.78 is 6.57. The van der Waals surface area contributed by atoms with Crippen molar-refractivity contribution >= 4 is 17.5 Å². The second-order valence-corrected chi connectivity index (χ2v) is 11.3. The Morgan fingerprint density at radius 3 is 2.81 bits per heavy atom. The second kappa shape index (κ2) is 8.51. The number of ether oxygens (including phenoxy) is 1. The fourth-order valence-corrected chi connectivity index (χ4v) is 7.78. The van der Waals surface area contributed by atoms with Gasteiger partial charge in [-0.2, -0.15) is 0 Å². The van der Waals surface area contributed by atoms with Gasteiger partial charge in [-0.3, -0.25) is 9.69 Å². The molecule has 190 valence electrons. The first-order valence-electron chi connectivity index (χ1n) is 12.9. The molecule has 6 rings (SSSR count). The van der Waals surface area contributed by atoms with Crippen molar-refractivity contribution in [2.45, 2.75) is 67.7 Å². The normalized spacial score (nSPS) is 31.9. The summed E-state index contributed by atoms with van der Waals surface area (Å²) >= 11 is 6.00. The molecule has 2 heterocycles. The number of rotatable bonds is 6. The van der Waals surface area contributed by atoms with Crippen LogP contribution in [0, 0.1) is 0 Å². The van der Waals surface area contributed by atoms with Gasteiger partial charge in [0, 0.05) is 36.6 Å². The van der Waals surface area contributed by atoms with Crippen LogP contribution in [0.25, 0.3) is 0 Å². The molecule has 2 aromatic rings. The number of phenols is 1. The zero-order chi connectivity index (χ0) is 25.2. The van der Waals surface area contributed by atoms with Crippen molar-refractivity contribution in [2.24, 2.45) is 0 Å². The molecule has 2 bridgehead atoms. The molecule has 2 unspecified atom stereocenters.